The number of hydrogen-bond donors (Lipinski definition) is 2. The molecular formula is C23H16ClF3N2O4. The van der Waals surface area contributed by atoms with Gasteiger partial charge in [-0.15, -0.1) is 0 Å². The number of aromatic carboxylic acids is 1. The first kappa shape index (κ1) is 24.0. The molecule has 0 bridgehead atoms. The number of pyridine rings is 1. The zero-order chi connectivity index (χ0) is 24.4. The van der Waals surface area contributed by atoms with E-state index in [1.807, 2.05) is 6.07 Å². The van der Waals surface area contributed by atoms with E-state index in [0.717, 1.165) is 18.3 Å². The highest BCUT2D eigenvalue weighted by Crippen LogP contribution is 2.50. The quantitative estimate of drug-likeness (QED) is 0.476. The first-order valence-electron chi connectivity index (χ1n) is 9.43. The average molecular weight is 477 g/mol. The summed E-state index contributed by atoms with van der Waals surface area (Å²) in [4.78, 5) is 14.7. The molecule has 6 nitrogen and oxygen atoms in total. The van der Waals surface area contributed by atoms with Gasteiger partial charge in [0.15, 0.2) is 5.60 Å². The van der Waals surface area contributed by atoms with Gasteiger partial charge in [0.05, 0.1) is 17.2 Å². The Bertz CT molecular complexity index is 1210. The third-order valence-electron chi connectivity index (χ3n) is 5.16. The molecule has 0 radical (unpaired) electrons. The highest BCUT2D eigenvalue weighted by Gasteiger charge is 2.58. The van der Waals surface area contributed by atoms with Gasteiger partial charge in [-0.1, -0.05) is 36.7 Å². The summed E-state index contributed by atoms with van der Waals surface area (Å²) in [6.07, 6.45) is -3.95. The summed E-state index contributed by atoms with van der Waals surface area (Å²) in [7, 11) is 0. The number of carbonyl (C=O) groups is 1. The minimum absolute atomic E-state index is 0.0161. The molecule has 3 rings (SSSR count). The molecule has 170 valence electrons. The lowest BCUT2D eigenvalue weighted by atomic mass is 9.77. The normalized spacial score (nSPS) is 14.1. The number of carboxylic acids is 1. The van der Waals surface area contributed by atoms with Gasteiger partial charge < -0.3 is 14.9 Å². The van der Waals surface area contributed by atoms with Crippen LogP contribution >= 0.6 is 11.6 Å². The van der Waals surface area contributed by atoms with E-state index in [2.05, 4.69) is 4.98 Å². The van der Waals surface area contributed by atoms with Gasteiger partial charge in [-0.25, -0.2) is 9.78 Å². The van der Waals surface area contributed by atoms with Gasteiger partial charge in [-0.3, -0.25) is 0 Å². The highest BCUT2D eigenvalue weighted by molar-refractivity contribution is 6.31. The molecule has 0 fully saturated rings. The number of halogens is 4. The van der Waals surface area contributed by atoms with E-state index in [9.17, 15) is 23.1 Å². The van der Waals surface area contributed by atoms with Crippen LogP contribution < -0.4 is 4.74 Å². The van der Waals surface area contributed by atoms with E-state index in [4.69, 9.17) is 26.7 Å². The second-order valence-electron chi connectivity index (χ2n) is 7.15. The van der Waals surface area contributed by atoms with Crippen molar-refractivity contribution in [2.24, 2.45) is 0 Å². The third-order valence-corrected chi connectivity index (χ3v) is 5.48. The van der Waals surface area contributed by atoms with Gasteiger partial charge in [0, 0.05) is 23.2 Å². The number of alkyl halides is 3. The maximum Gasteiger partial charge on any atom is 0.422 e. The summed E-state index contributed by atoms with van der Waals surface area (Å²) in [6.45, 7) is 1.19. The van der Waals surface area contributed by atoms with E-state index in [1.165, 1.54) is 49.4 Å². The van der Waals surface area contributed by atoms with Crippen LogP contribution in [0.4, 0.5) is 13.2 Å². The van der Waals surface area contributed by atoms with Crippen molar-refractivity contribution in [2.75, 3.05) is 0 Å². The Morgan fingerprint density at radius 3 is 2.30 bits per heavy atom. The minimum atomic E-state index is -5.05. The van der Waals surface area contributed by atoms with Crippen molar-refractivity contribution in [3.05, 3.63) is 88.1 Å². The van der Waals surface area contributed by atoms with Gasteiger partial charge in [0.2, 0.25) is 5.88 Å². The molecule has 0 aliphatic carbocycles. The zero-order valence-electron chi connectivity index (χ0n) is 17.0. The molecule has 0 aliphatic rings. The van der Waals surface area contributed by atoms with Crippen LogP contribution in [0.2, 0.25) is 5.02 Å². The Labute approximate surface area is 191 Å². The van der Waals surface area contributed by atoms with Crippen LogP contribution in [0.25, 0.3) is 0 Å². The van der Waals surface area contributed by atoms with Crippen LogP contribution in [0.1, 0.15) is 39.9 Å². The lowest BCUT2D eigenvalue weighted by molar-refractivity contribution is -0.274. The number of ether oxygens (including phenoxy) is 1. The van der Waals surface area contributed by atoms with Crippen molar-refractivity contribution in [3.63, 3.8) is 0 Å². The summed E-state index contributed by atoms with van der Waals surface area (Å²) in [5, 5.41) is 28.6. The molecule has 0 spiro atoms. The second kappa shape index (κ2) is 9.10. The summed E-state index contributed by atoms with van der Waals surface area (Å²) < 4.78 is 47.7. The van der Waals surface area contributed by atoms with Crippen molar-refractivity contribution in [1.29, 1.82) is 5.26 Å². The first-order valence-corrected chi connectivity index (χ1v) is 9.81. The number of carboxylic acid groups (broad SMARTS) is 1. The van der Waals surface area contributed by atoms with Gasteiger partial charge in [0.1, 0.15) is 5.75 Å². The van der Waals surface area contributed by atoms with Crippen LogP contribution in [0.5, 0.6) is 11.6 Å². The second-order valence-corrected chi connectivity index (χ2v) is 7.56. The molecule has 2 atom stereocenters. The van der Waals surface area contributed by atoms with E-state index in [-0.39, 0.29) is 33.3 Å². The van der Waals surface area contributed by atoms with Crippen LogP contribution in [0.15, 0.2) is 60.8 Å². The molecule has 1 heterocycles. The smallest absolute Gasteiger partial charge is 0.422 e. The number of benzene rings is 2. The fourth-order valence-electron chi connectivity index (χ4n) is 3.29. The molecule has 0 aliphatic heterocycles. The predicted molar refractivity (Wildman–Crippen MR) is 112 cm³/mol. The van der Waals surface area contributed by atoms with Crippen molar-refractivity contribution in [2.45, 2.75) is 24.6 Å². The zero-order valence-corrected chi connectivity index (χ0v) is 17.7. The van der Waals surface area contributed by atoms with Crippen LogP contribution in [-0.4, -0.2) is 27.3 Å². The van der Waals surface area contributed by atoms with Crippen LogP contribution in [-0.2, 0) is 5.60 Å². The SMILES string of the molecule is CC(c1ccc(Oc2ccc(C(=O)O)cn2)cc1Cl)C(O)(c1ccc(C#N)cc1)C(F)(F)F. The Morgan fingerprint density at radius 2 is 1.82 bits per heavy atom. The van der Waals surface area contributed by atoms with Gasteiger partial charge in [0.25, 0.3) is 0 Å². The molecule has 0 saturated heterocycles. The standard InChI is InChI=1S/C23H16ClF3N2O4/c1-13(22(32,23(25,26)27)16-5-2-14(11-28)3-6-16)18-8-7-17(10-19(18)24)33-20-9-4-15(12-29-20)21(30)31/h2-10,12-13,32H,1H3,(H,30,31). The maximum absolute atomic E-state index is 14.1. The molecule has 2 aromatic carbocycles. The topological polar surface area (TPSA) is 103 Å². The molecule has 0 saturated carbocycles. The number of nitriles is 1. The lowest BCUT2D eigenvalue weighted by Crippen LogP contribution is -2.46. The predicted octanol–water partition coefficient (Wildman–Crippen LogP) is 5.65. The number of aliphatic hydroxyl groups is 1. The lowest BCUT2D eigenvalue weighted by Gasteiger charge is -2.37. The summed E-state index contributed by atoms with van der Waals surface area (Å²) >= 11 is 6.25. The summed E-state index contributed by atoms with van der Waals surface area (Å²) in [5.41, 5.74) is -3.58. The van der Waals surface area contributed by atoms with Crippen molar-refractivity contribution < 1.29 is 32.9 Å². The number of hydrogen-bond acceptors (Lipinski definition) is 5. The van der Waals surface area contributed by atoms with E-state index < -0.39 is 29.2 Å². The van der Waals surface area contributed by atoms with Crippen molar-refractivity contribution in [3.8, 4) is 17.7 Å². The van der Waals surface area contributed by atoms with Gasteiger partial charge in [-0.05, 0) is 41.5 Å². The highest BCUT2D eigenvalue weighted by atomic mass is 35.5. The molecule has 1 aromatic heterocycles. The molecule has 0 amide bonds. The largest absolute Gasteiger partial charge is 0.478 e. The van der Waals surface area contributed by atoms with Crippen molar-refractivity contribution in [1.82, 2.24) is 4.98 Å². The summed E-state index contributed by atoms with van der Waals surface area (Å²) in [5.74, 6) is -2.46. The molecule has 3 aromatic rings. The Morgan fingerprint density at radius 1 is 1.15 bits per heavy atom. The molecule has 2 unspecified atom stereocenters. The summed E-state index contributed by atoms with van der Waals surface area (Å²) in [6, 6.07) is 12.9. The average Bonchev–Trinajstić information content (AvgIpc) is 2.78. The first-order chi connectivity index (χ1) is 15.5. The Hall–Kier alpha value is -3.61. The van der Waals surface area contributed by atoms with Gasteiger partial charge in [-0.2, -0.15) is 18.4 Å². The molecule has 10 heteroatoms. The van der Waals surface area contributed by atoms with Crippen molar-refractivity contribution >= 4 is 17.6 Å². The van der Waals surface area contributed by atoms with Gasteiger partial charge >= 0.3 is 12.1 Å². The van der Waals surface area contributed by atoms with Crippen LogP contribution in [0, 0.1) is 11.3 Å². The van der Waals surface area contributed by atoms with Crippen LogP contribution in [0.3, 0.4) is 0 Å². The molecule has 2 N–H and O–H groups in total. The van der Waals surface area contributed by atoms with E-state index in [0.29, 0.717) is 0 Å². The molecular weight excluding hydrogens is 461 g/mol. The minimum Gasteiger partial charge on any atom is -0.478 e. The number of aromatic nitrogens is 1. The Kier molecular flexibility index (Phi) is 6.63. The number of rotatable bonds is 6. The third kappa shape index (κ3) is 4.77. The van der Waals surface area contributed by atoms with E-state index in [1.54, 1.807) is 0 Å². The monoisotopic (exact) mass is 476 g/mol. The fourth-order valence-corrected chi connectivity index (χ4v) is 3.63. The molecule has 33 heavy (non-hydrogen) atoms. The fraction of sp³-hybridized carbons (Fsp3) is 0.174. The number of nitrogens with zero attached hydrogens (tertiary/aromatic N) is 2. The maximum atomic E-state index is 14.1. The Balaban J connectivity index is 1.93. The van der Waals surface area contributed by atoms with E-state index >= 15 is 0 Å².